The number of ether oxygens (including phenoxy) is 1. The van der Waals surface area contributed by atoms with E-state index >= 15 is 0 Å². The fraction of sp³-hybridized carbons (Fsp3) is 0.607. The first-order chi connectivity index (χ1) is 16.9. The minimum atomic E-state index is -4.56. The topological polar surface area (TPSA) is 63.5 Å². The Bertz CT molecular complexity index is 1040. The van der Waals surface area contributed by atoms with Crippen LogP contribution >= 0.6 is 0 Å². The summed E-state index contributed by atoms with van der Waals surface area (Å²) in [4.78, 5) is 13.3. The van der Waals surface area contributed by atoms with Crippen LogP contribution in [0.3, 0.4) is 0 Å². The summed E-state index contributed by atoms with van der Waals surface area (Å²) in [5.41, 5.74) is 0.0846. The predicted molar refractivity (Wildman–Crippen MR) is 133 cm³/mol. The smallest absolute Gasteiger partial charge is 0.386 e. The molecule has 2 aromatic rings. The number of halogens is 3. The summed E-state index contributed by atoms with van der Waals surface area (Å²) in [7, 11) is 0. The molecule has 1 amide bonds. The maximum atomic E-state index is 13.8. The van der Waals surface area contributed by atoms with Gasteiger partial charge < -0.3 is 19.7 Å². The second-order valence-corrected chi connectivity index (χ2v) is 10.9. The molecule has 1 saturated heterocycles. The molecule has 0 radical (unpaired) electrons. The van der Waals surface area contributed by atoms with Crippen molar-refractivity contribution in [3.8, 4) is 11.3 Å². The molecular formula is C28H37F3N2O3. The van der Waals surface area contributed by atoms with E-state index in [0.717, 1.165) is 56.4 Å². The molecule has 36 heavy (non-hydrogen) atoms. The number of nitrogens with one attached hydrogen (secondary N) is 1. The molecule has 5 nitrogen and oxygen atoms in total. The van der Waals surface area contributed by atoms with Crippen molar-refractivity contribution in [1.82, 2.24) is 9.88 Å². The summed E-state index contributed by atoms with van der Waals surface area (Å²) in [5.74, 6) is 0.201. The summed E-state index contributed by atoms with van der Waals surface area (Å²) in [6.45, 7) is 6.68. The fourth-order valence-electron chi connectivity index (χ4n) is 5.37. The van der Waals surface area contributed by atoms with Crippen LogP contribution in [0.15, 0.2) is 24.3 Å². The van der Waals surface area contributed by atoms with Crippen LogP contribution in [-0.2, 0) is 23.1 Å². The zero-order valence-electron chi connectivity index (χ0n) is 21.4. The van der Waals surface area contributed by atoms with Crippen LogP contribution in [-0.4, -0.2) is 34.8 Å². The van der Waals surface area contributed by atoms with Crippen molar-refractivity contribution in [2.24, 2.45) is 5.92 Å². The van der Waals surface area contributed by atoms with Crippen molar-refractivity contribution < 1.29 is 27.8 Å². The van der Waals surface area contributed by atoms with Crippen LogP contribution in [0.4, 0.5) is 13.2 Å². The largest absolute Gasteiger partial charge is 0.416 e. The molecule has 1 aromatic heterocycles. The van der Waals surface area contributed by atoms with Crippen molar-refractivity contribution >= 4 is 5.91 Å². The number of hydrogen-bond donors (Lipinski definition) is 2. The third-order valence-electron chi connectivity index (χ3n) is 7.60. The molecule has 1 aliphatic carbocycles. The van der Waals surface area contributed by atoms with Crippen molar-refractivity contribution in [2.75, 3.05) is 13.2 Å². The Morgan fingerprint density at radius 2 is 1.67 bits per heavy atom. The first-order valence-corrected chi connectivity index (χ1v) is 13.0. The van der Waals surface area contributed by atoms with E-state index in [-0.39, 0.29) is 17.5 Å². The van der Waals surface area contributed by atoms with Gasteiger partial charge in [0, 0.05) is 37.2 Å². The van der Waals surface area contributed by atoms with Gasteiger partial charge in [-0.15, -0.1) is 0 Å². The first kappa shape index (κ1) is 26.7. The van der Waals surface area contributed by atoms with E-state index in [1.54, 1.807) is 12.1 Å². The highest BCUT2D eigenvalue weighted by atomic mass is 19.4. The molecule has 0 unspecified atom stereocenters. The summed E-state index contributed by atoms with van der Waals surface area (Å²) < 4.78 is 48.9. The average Bonchev–Trinajstić information content (AvgIpc) is 3.15. The van der Waals surface area contributed by atoms with E-state index in [2.05, 4.69) is 5.32 Å². The molecule has 8 heteroatoms. The van der Waals surface area contributed by atoms with Gasteiger partial charge in [-0.25, -0.2) is 0 Å². The van der Waals surface area contributed by atoms with Gasteiger partial charge in [-0.2, -0.15) is 13.2 Å². The minimum absolute atomic E-state index is 0.0196. The van der Waals surface area contributed by atoms with Crippen LogP contribution in [0.2, 0.25) is 0 Å². The van der Waals surface area contributed by atoms with Crippen LogP contribution in [0.25, 0.3) is 11.3 Å². The van der Waals surface area contributed by atoms with Crippen molar-refractivity contribution in [1.29, 1.82) is 0 Å². The number of benzene rings is 1. The Kier molecular flexibility index (Phi) is 7.86. The number of aromatic nitrogens is 1. The number of carbonyl (C=O) groups is 1. The van der Waals surface area contributed by atoms with Gasteiger partial charge in [0.2, 0.25) is 0 Å². The van der Waals surface area contributed by atoms with Crippen molar-refractivity contribution in [3.63, 3.8) is 0 Å². The third kappa shape index (κ3) is 6.14. The molecule has 2 aliphatic rings. The lowest BCUT2D eigenvalue weighted by molar-refractivity contribution is -0.137. The van der Waals surface area contributed by atoms with E-state index in [9.17, 15) is 23.1 Å². The second-order valence-electron chi connectivity index (χ2n) is 10.9. The Morgan fingerprint density at radius 1 is 1.03 bits per heavy atom. The monoisotopic (exact) mass is 506 g/mol. The summed E-state index contributed by atoms with van der Waals surface area (Å²) in [5, 5.41) is 13.7. The number of rotatable bonds is 6. The number of hydrogen-bond acceptors (Lipinski definition) is 3. The van der Waals surface area contributed by atoms with E-state index in [1.165, 1.54) is 20.3 Å². The van der Waals surface area contributed by atoms with Gasteiger partial charge in [0.15, 0.2) is 0 Å². The van der Waals surface area contributed by atoms with Crippen molar-refractivity contribution in [2.45, 2.75) is 90.1 Å². The number of alkyl halides is 3. The Labute approximate surface area is 211 Å². The van der Waals surface area contributed by atoms with Crippen LogP contribution in [0.5, 0.6) is 0 Å². The standard InChI is InChI=1S/C28H37F3N2O3/c1-18-24(26(34)32-23-9-11-36-12-10-23)16-25(33(18)17-19-7-5-4-6-8-19)20-13-21(27(2,3)35)15-22(14-20)28(29,30)31/h13-16,19,23,35H,4-12,17H2,1-3H3,(H,32,34). The second kappa shape index (κ2) is 10.6. The normalized spacial score (nSPS) is 18.4. The minimum Gasteiger partial charge on any atom is -0.386 e. The summed E-state index contributed by atoms with van der Waals surface area (Å²) in [6.07, 6.45) is 2.54. The van der Waals surface area contributed by atoms with Gasteiger partial charge in [-0.1, -0.05) is 19.3 Å². The Balaban J connectivity index is 1.79. The van der Waals surface area contributed by atoms with Crippen LogP contribution in [0, 0.1) is 12.8 Å². The average molecular weight is 507 g/mol. The highest BCUT2D eigenvalue weighted by Crippen LogP contribution is 2.38. The highest BCUT2D eigenvalue weighted by Gasteiger charge is 2.34. The van der Waals surface area contributed by atoms with Gasteiger partial charge >= 0.3 is 6.18 Å². The summed E-state index contributed by atoms with van der Waals surface area (Å²) >= 11 is 0. The predicted octanol–water partition coefficient (Wildman–Crippen LogP) is 6.20. The van der Waals surface area contributed by atoms with Gasteiger partial charge in [-0.3, -0.25) is 4.79 Å². The zero-order valence-corrected chi connectivity index (χ0v) is 21.4. The quantitative estimate of drug-likeness (QED) is 0.490. The Hall–Kier alpha value is -2.32. The van der Waals surface area contributed by atoms with E-state index in [0.29, 0.717) is 42.5 Å². The molecule has 0 bridgehead atoms. The fourth-order valence-corrected chi connectivity index (χ4v) is 5.37. The van der Waals surface area contributed by atoms with Crippen LogP contribution in [0.1, 0.15) is 86.0 Å². The summed E-state index contributed by atoms with van der Waals surface area (Å²) in [6, 6.07) is 5.48. The maximum Gasteiger partial charge on any atom is 0.416 e. The molecule has 2 fully saturated rings. The molecule has 1 aliphatic heterocycles. The lowest BCUT2D eigenvalue weighted by atomic mass is 9.89. The third-order valence-corrected chi connectivity index (χ3v) is 7.60. The Morgan fingerprint density at radius 3 is 2.28 bits per heavy atom. The number of aliphatic hydroxyl groups is 1. The van der Waals surface area contributed by atoms with Gasteiger partial charge in [0.05, 0.1) is 16.7 Å². The van der Waals surface area contributed by atoms with Gasteiger partial charge in [-0.05, 0) is 87.8 Å². The van der Waals surface area contributed by atoms with Gasteiger partial charge in [0.25, 0.3) is 5.91 Å². The van der Waals surface area contributed by atoms with Crippen LogP contribution < -0.4 is 5.32 Å². The van der Waals surface area contributed by atoms with Crippen molar-refractivity contribution in [3.05, 3.63) is 46.6 Å². The van der Waals surface area contributed by atoms with E-state index in [4.69, 9.17) is 4.74 Å². The molecule has 1 saturated carbocycles. The maximum absolute atomic E-state index is 13.8. The number of nitrogens with zero attached hydrogens (tertiary/aromatic N) is 1. The van der Waals surface area contributed by atoms with E-state index < -0.39 is 17.3 Å². The first-order valence-electron chi connectivity index (χ1n) is 13.0. The number of carbonyl (C=O) groups excluding carboxylic acids is 1. The molecule has 198 valence electrons. The number of amides is 1. The van der Waals surface area contributed by atoms with Gasteiger partial charge in [0.1, 0.15) is 0 Å². The molecule has 1 aromatic carbocycles. The molecule has 4 rings (SSSR count). The lowest BCUT2D eigenvalue weighted by Gasteiger charge is -2.25. The molecular weight excluding hydrogens is 469 g/mol. The molecule has 2 heterocycles. The zero-order chi connectivity index (χ0) is 26.1. The molecule has 2 N–H and O–H groups in total. The molecule has 0 spiro atoms. The SMILES string of the molecule is Cc1c(C(=O)NC2CCOCC2)cc(-c2cc(C(C)(C)O)cc(C(F)(F)F)c2)n1CC1CCCCC1. The van der Waals surface area contributed by atoms with E-state index in [1.807, 2.05) is 11.5 Å². The lowest BCUT2D eigenvalue weighted by Crippen LogP contribution is -2.39. The molecule has 0 atom stereocenters. The highest BCUT2D eigenvalue weighted by molar-refractivity contribution is 5.97.